The molecule has 0 bridgehead atoms. The lowest BCUT2D eigenvalue weighted by Gasteiger charge is -2.10. The Labute approximate surface area is 134 Å². The van der Waals surface area contributed by atoms with Crippen LogP contribution >= 0.6 is 38.5 Å². The lowest BCUT2D eigenvalue weighted by molar-refractivity contribution is 0.601. The van der Waals surface area contributed by atoms with Gasteiger partial charge in [-0.25, -0.2) is 8.42 Å². The van der Waals surface area contributed by atoms with Crippen molar-refractivity contribution in [2.45, 2.75) is 11.8 Å². The van der Waals surface area contributed by atoms with E-state index in [1.807, 2.05) is 19.1 Å². The number of hydrogen-bond acceptors (Lipinski definition) is 2. The second-order valence-electron chi connectivity index (χ2n) is 4.04. The van der Waals surface area contributed by atoms with Crippen molar-refractivity contribution >= 4 is 54.2 Å². The van der Waals surface area contributed by atoms with Crippen molar-refractivity contribution in [1.82, 2.24) is 0 Å². The van der Waals surface area contributed by atoms with Gasteiger partial charge in [-0.1, -0.05) is 33.6 Å². The van der Waals surface area contributed by atoms with Gasteiger partial charge in [0, 0.05) is 8.04 Å². The van der Waals surface area contributed by atoms with Gasteiger partial charge in [-0.15, -0.1) is 0 Å². The average Bonchev–Trinajstić information content (AvgIpc) is 2.34. The molecule has 0 radical (unpaired) electrons. The first-order valence-corrected chi connectivity index (χ1v) is 8.78. The van der Waals surface area contributed by atoms with Crippen LogP contribution in [0, 0.1) is 10.5 Å². The molecule has 0 saturated carbocycles. The van der Waals surface area contributed by atoms with Gasteiger partial charge < -0.3 is 0 Å². The molecule has 19 heavy (non-hydrogen) atoms. The number of halogens is 2. The van der Waals surface area contributed by atoms with Crippen LogP contribution in [0.15, 0.2) is 51.8 Å². The highest BCUT2D eigenvalue weighted by Gasteiger charge is 2.15. The van der Waals surface area contributed by atoms with Gasteiger partial charge in [-0.2, -0.15) is 0 Å². The number of benzene rings is 2. The third-order valence-electron chi connectivity index (χ3n) is 2.50. The quantitative estimate of drug-likeness (QED) is 0.712. The Morgan fingerprint density at radius 1 is 1.11 bits per heavy atom. The molecular formula is C13H11BrINO2S. The molecule has 100 valence electrons. The fourth-order valence-electron chi connectivity index (χ4n) is 1.50. The number of aryl methyl sites for hydroxylation is 1. The molecule has 0 atom stereocenters. The average molecular weight is 452 g/mol. The van der Waals surface area contributed by atoms with Crippen molar-refractivity contribution in [2.75, 3.05) is 4.72 Å². The summed E-state index contributed by atoms with van der Waals surface area (Å²) in [7, 11) is -3.54. The Hall–Kier alpha value is -0.600. The van der Waals surface area contributed by atoms with E-state index in [0.717, 1.165) is 13.6 Å². The molecule has 0 amide bonds. The third-order valence-corrected chi connectivity index (χ3v) is 5.32. The van der Waals surface area contributed by atoms with Gasteiger partial charge in [0.25, 0.3) is 10.0 Å². The maximum Gasteiger partial charge on any atom is 0.261 e. The lowest BCUT2D eigenvalue weighted by atomic mass is 10.2. The minimum atomic E-state index is -3.54. The van der Waals surface area contributed by atoms with Crippen LogP contribution in [0.2, 0.25) is 0 Å². The minimum Gasteiger partial charge on any atom is -0.279 e. The van der Waals surface area contributed by atoms with Crippen molar-refractivity contribution in [2.24, 2.45) is 0 Å². The summed E-state index contributed by atoms with van der Waals surface area (Å²) in [5, 5.41) is 0. The zero-order valence-corrected chi connectivity index (χ0v) is 14.6. The van der Waals surface area contributed by atoms with Gasteiger partial charge >= 0.3 is 0 Å². The molecular weight excluding hydrogens is 441 g/mol. The highest BCUT2D eigenvalue weighted by Crippen LogP contribution is 2.25. The Bertz CT molecular complexity index is 699. The number of nitrogens with one attached hydrogen (secondary N) is 1. The van der Waals surface area contributed by atoms with E-state index in [9.17, 15) is 8.42 Å². The Morgan fingerprint density at radius 2 is 1.74 bits per heavy atom. The largest absolute Gasteiger partial charge is 0.279 e. The van der Waals surface area contributed by atoms with Crippen LogP contribution in [0.25, 0.3) is 0 Å². The van der Waals surface area contributed by atoms with Crippen molar-refractivity contribution in [3.05, 3.63) is 56.1 Å². The SMILES string of the molecule is Cc1ccc(S(=O)(=O)Nc2cc(Br)ccc2I)cc1. The van der Waals surface area contributed by atoms with E-state index in [-0.39, 0.29) is 4.90 Å². The van der Waals surface area contributed by atoms with E-state index < -0.39 is 10.0 Å². The summed E-state index contributed by atoms with van der Waals surface area (Å²) in [5.41, 5.74) is 1.59. The molecule has 2 rings (SSSR count). The monoisotopic (exact) mass is 451 g/mol. The lowest BCUT2D eigenvalue weighted by Crippen LogP contribution is -2.13. The zero-order chi connectivity index (χ0) is 14.0. The molecule has 0 saturated heterocycles. The molecule has 0 aromatic heterocycles. The summed E-state index contributed by atoms with van der Waals surface area (Å²) in [6.07, 6.45) is 0. The van der Waals surface area contributed by atoms with Gasteiger partial charge in [-0.05, 0) is 59.8 Å². The van der Waals surface area contributed by atoms with Crippen LogP contribution < -0.4 is 4.72 Å². The Kier molecular flexibility index (Phi) is 4.52. The van der Waals surface area contributed by atoms with Gasteiger partial charge in [0.05, 0.1) is 10.6 Å². The molecule has 1 N–H and O–H groups in total. The van der Waals surface area contributed by atoms with Gasteiger partial charge in [0.2, 0.25) is 0 Å². The molecule has 2 aromatic carbocycles. The van der Waals surface area contributed by atoms with Crippen LogP contribution in [0.3, 0.4) is 0 Å². The predicted molar refractivity (Wildman–Crippen MR) is 88.8 cm³/mol. The van der Waals surface area contributed by atoms with E-state index in [2.05, 4.69) is 43.2 Å². The topological polar surface area (TPSA) is 46.2 Å². The first kappa shape index (κ1) is 14.8. The molecule has 2 aromatic rings. The van der Waals surface area contributed by atoms with E-state index in [1.165, 1.54) is 0 Å². The van der Waals surface area contributed by atoms with E-state index in [1.54, 1.807) is 30.3 Å². The number of hydrogen-bond donors (Lipinski definition) is 1. The first-order valence-electron chi connectivity index (χ1n) is 5.43. The van der Waals surface area contributed by atoms with Crippen LogP contribution in [0.4, 0.5) is 5.69 Å². The highest BCUT2D eigenvalue weighted by atomic mass is 127. The standard InChI is InChI=1S/C13H11BrINO2S/c1-9-2-5-11(6-3-9)19(17,18)16-13-8-10(14)4-7-12(13)15/h2-8,16H,1H3. The zero-order valence-electron chi connectivity index (χ0n) is 10.0. The van der Waals surface area contributed by atoms with E-state index in [4.69, 9.17) is 0 Å². The molecule has 3 nitrogen and oxygen atoms in total. The van der Waals surface area contributed by atoms with Crippen molar-refractivity contribution < 1.29 is 8.42 Å². The predicted octanol–water partition coefficient (Wildman–Crippen LogP) is 4.16. The fraction of sp³-hybridized carbons (Fsp3) is 0.0769. The molecule has 0 spiro atoms. The fourth-order valence-corrected chi connectivity index (χ4v) is 3.58. The second-order valence-corrected chi connectivity index (χ2v) is 7.80. The summed E-state index contributed by atoms with van der Waals surface area (Å²) >= 11 is 5.43. The van der Waals surface area contributed by atoms with Crippen molar-refractivity contribution in [1.29, 1.82) is 0 Å². The van der Waals surface area contributed by atoms with Gasteiger partial charge in [0.1, 0.15) is 0 Å². The third kappa shape index (κ3) is 3.70. The van der Waals surface area contributed by atoms with Crippen molar-refractivity contribution in [3.63, 3.8) is 0 Å². The summed E-state index contributed by atoms with van der Waals surface area (Å²) < 4.78 is 28.8. The van der Waals surface area contributed by atoms with Crippen LogP contribution in [-0.4, -0.2) is 8.42 Å². The van der Waals surface area contributed by atoms with E-state index >= 15 is 0 Å². The number of sulfonamides is 1. The van der Waals surface area contributed by atoms with Crippen LogP contribution in [0.1, 0.15) is 5.56 Å². The maximum atomic E-state index is 12.2. The van der Waals surface area contributed by atoms with Gasteiger partial charge in [-0.3, -0.25) is 4.72 Å². The van der Waals surface area contributed by atoms with Crippen LogP contribution in [0.5, 0.6) is 0 Å². The molecule has 0 aliphatic rings. The molecule has 0 unspecified atom stereocenters. The molecule has 0 aliphatic carbocycles. The second kappa shape index (κ2) is 5.80. The molecule has 0 heterocycles. The summed E-state index contributed by atoms with van der Waals surface area (Å²) in [5.74, 6) is 0. The Morgan fingerprint density at radius 3 is 2.37 bits per heavy atom. The summed E-state index contributed by atoms with van der Waals surface area (Å²) in [4.78, 5) is 0.258. The first-order chi connectivity index (χ1) is 8.88. The molecule has 0 fully saturated rings. The normalized spacial score (nSPS) is 11.3. The Balaban J connectivity index is 2.36. The van der Waals surface area contributed by atoms with E-state index in [0.29, 0.717) is 5.69 Å². The number of rotatable bonds is 3. The molecule has 0 aliphatic heterocycles. The summed E-state index contributed by atoms with van der Waals surface area (Å²) in [6, 6.07) is 12.2. The summed E-state index contributed by atoms with van der Waals surface area (Å²) in [6.45, 7) is 1.92. The highest BCUT2D eigenvalue weighted by molar-refractivity contribution is 14.1. The molecule has 6 heteroatoms. The minimum absolute atomic E-state index is 0.258. The number of anilines is 1. The maximum absolute atomic E-state index is 12.2. The smallest absolute Gasteiger partial charge is 0.261 e. The van der Waals surface area contributed by atoms with Crippen LogP contribution in [-0.2, 0) is 10.0 Å². The van der Waals surface area contributed by atoms with Crippen molar-refractivity contribution in [3.8, 4) is 0 Å². The van der Waals surface area contributed by atoms with Gasteiger partial charge in [0.15, 0.2) is 0 Å².